The quantitative estimate of drug-likeness (QED) is 0.119. The summed E-state index contributed by atoms with van der Waals surface area (Å²) < 4.78 is 0. The number of nitrogens with one attached hydrogen (secondary N) is 1. The van der Waals surface area contributed by atoms with Gasteiger partial charge < -0.3 is 5.32 Å². The van der Waals surface area contributed by atoms with Gasteiger partial charge in [-0.05, 0) is 40.5 Å². The molecule has 0 aliphatic heterocycles. The predicted molar refractivity (Wildman–Crippen MR) is 153 cm³/mol. The second-order valence-corrected chi connectivity index (χ2v) is 10.1. The standard InChI is InChI=1S/C29H22N4O2S2/c34-33(35)18-17-21-13-15-23(16-14-21)28-31-32-29(37-28)30-25-10-6-11-26(19-25)36-20-24-9-4-5-12-27(24)22-7-2-1-3-8-22/h1-19H,20H2,(H,30,32)/b18-17+. The molecule has 0 aliphatic carbocycles. The molecule has 0 saturated carbocycles. The van der Waals surface area contributed by atoms with Gasteiger partial charge in [0.1, 0.15) is 5.01 Å². The van der Waals surface area contributed by atoms with Crippen LogP contribution in [0.2, 0.25) is 0 Å². The van der Waals surface area contributed by atoms with E-state index in [0.717, 1.165) is 38.7 Å². The van der Waals surface area contributed by atoms with E-state index in [1.807, 2.05) is 42.5 Å². The SMILES string of the molecule is O=[N+]([O-])/C=C/c1ccc(-c2nnc(Nc3cccc(SCc4ccccc4-c4ccccc4)c3)s2)cc1. The Morgan fingerprint density at radius 3 is 2.46 bits per heavy atom. The normalized spacial score (nSPS) is 11.0. The Balaban J connectivity index is 1.24. The smallest absolute Gasteiger partial charge is 0.235 e. The Morgan fingerprint density at radius 1 is 0.865 bits per heavy atom. The van der Waals surface area contributed by atoms with Crippen molar-refractivity contribution >= 4 is 40.0 Å². The topological polar surface area (TPSA) is 81.0 Å². The van der Waals surface area contributed by atoms with Crippen LogP contribution < -0.4 is 5.32 Å². The summed E-state index contributed by atoms with van der Waals surface area (Å²) in [7, 11) is 0. The third kappa shape index (κ3) is 6.49. The first-order chi connectivity index (χ1) is 18.1. The second-order valence-electron chi connectivity index (χ2n) is 8.10. The zero-order chi connectivity index (χ0) is 25.5. The lowest BCUT2D eigenvalue weighted by Gasteiger charge is -2.10. The van der Waals surface area contributed by atoms with Crippen LogP contribution in [0.3, 0.4) is 0 Å². The third-order valence-electron chi connectivity index (χ3n) is 5.55. The van der Waals surface area contributed by atoms with Crippen molar-refractivity contribution in [2.75, 3.05) is 5.32 Å². The van der Waals surface area contributed by atoms with E-state index in [2.05, 4.69) is 76.2 Å². The van der Waals surface area contributed by atoms with Gasteiger partial charge in [0.25, 0.3) is 0 Å². The molecule has 0 spiro atoms. The summed E-state index contributed by atoms with van der Waals surface area (Å²) in [6.07, 6.45) is 2.39. The molecule has 0 saturated heterocycles. The lowest BCUT2D eigenvalue weighted by atomic mass is 10.0. The minimum absolute atomic E-state index is 0.478. The Hall–Kier alpha value is -4.27. The van der Waals surface area contributed by atoms with Crippen LogP contribution in [0.5, 0.6) is 0 Å². The largest absolute Gasteiger partial charge is 0.330 e. The van der Waals surface area contributed by atoms with E-state index in [4.69, 9.17) is 0 Å². The zero-order valence-electron chi connectivity index (χ0n) is 19.7. The fraction of sp³-hybridized carbons (Fsp3) is 0.0345. The number of hydrogen-bond acceptors (Lipinski definition) is 7. The highest BCUT2D eigenvalue weighted by Crippen LogP contribution is 2.33. The van der Waals surface area contributed by atoms with E-state index in [1.165, 1.54) is 34.1 Å². The lowest BCUT2D eigenvalue weighted by Crippen LogP contribution is -1.90. The van der Waals surface area contributed by atoms with E-state index < -0.39 is 4.92 Å². The molecule has 1 N–H and O–H groups in total. The van der Waals surface area contributed by atoms with Crippen molar-refractivity contribution < 1.29 is 4.92 Å². The summed E-state index contributed by atoms with van der Waals surface area (Å²) in [6, 6.07) is 34.7. The molecule has 0 radical (unpaired) electrons. The molecule has 8 heteroatoms. The summed E-state index contributed by atoms with van der Waals surface area (Å²) in [5.74, 6) is 0.865. The highest BCUT2D eigenvalue weighted by Gasteiger charge is 2.09. The van der Waals surface area contributed by atoms with Gasteiger partial charge in [0.2, 0.25) is 11.3 Å². The van der Waals surface area contributed by atoms with E-state index in [9.17, 15) is 10.1 Å². The van der Waals surface area contributed by atoms with Gasteiger partial charge in [-0.1, -0.05) is 96.3 Å². The third-order valence-corrected chi connectivity index (χ3v) is 7.48. The van der Waals surface area contributed by atoms with Gasteiger partial charge in [-0.25, -0.2) is 0 Å². The van der Waals surface area contributed by atoms with Crippen molar-refractivity contribution in [2.24, 2.45) is 0 Å². The molecule has 0 atom stereocenters. The molecule has 1 aromatic heterocycles. The van der Waals surface area contributed by atoms with Crippen molar-refractivity contribution in [1.82, 2.24) is 10.2 Å². The van der Waals surface area contributed by atoms with Gasteiger partial charge in [-0.2, -0.15) is 0 Å². The predicted octanol–water partition coefficient (Wildman–Crippen LogP) is 8.16. The summed E-state index contributed by atoms with van der Waals surface area (Å²) >= 11 is 3.25. The van der Waals surface area contributed by atoms with E-state index in [-0.39, 0.29) is 0 Å². The van der Waals surface area contributed by atoms with Crippen LogP contribution in [0.25, 0.3) is 27.8 Å². The van der Waals surface area contributed by atoms with E-state index in [0.29, 0.717) is 5.13 Å². The summed E-state index contributed by atoms with van der Waals surface area (Å²) in [6.45, 7) is 0. The molecular weight excluding hydrogens is 500 g/mol. The van der Waals surface area contributed by atoms with Crippen LogP contribution in [-0.2, 0) is 5.75 Å². The number of benzene rings is 4. The van der Waals surface area contributed by atoms with E-state index >= 15 is 0 Å². The molecule has 0 bridgehead atoms. The average molecular weight is 523 g/mol. The first-order valence-electron chi connectivity index (χ1n) is 11.5. The van der Waals surface area contributed by atoms with Crippen molar-refractivity contribution in [3.63, 3.8) is 0 Å². The number of nitro groups is 1. The Bertz CT molecular complexity index is 1530. The van der Waals surface area contributed by atoms with Gasteiger partial charge in [0, 0.05) is 28.0 Å². The first-order valence-corrected chi connectivity index (χ1v) is 13.3. The molecule has 0 fully saturated rings. The number of anilines is 2. The minimum atomic E-state index is -0.478. The van der Waals surface area contributed by atoms with Crippen molar-refractivity contribution in [2.45, 2.75) is 10.6 Å². The molecule has 6 nitrogen and oxygen atoms in total. The minimum Gasteiger partial charge on any atom is -0.330 e. The van der Waals surface area contributed by atoms with Crippen LogP contribution in [0.1, 0.15) is 11.1 Å². The molecule has 37 heavy (non-hydrogen) atoms. The maximum absolute atomic E-state index is 10.5. The summed E-state index contributed by atoms with van der Waals surface area (Å²) in [5, 5.41) is 23.9. The van der Waals surface area contributed by atoms with Crippen LogP contribution in [-0.4, -0.2) is 15.1 Å². The number of thioether (sulfide) groups is 1. The molecule has 0 unspecified atom stereocenters. The Kier molecular flexibility index (Phi) is 7.69. The fourth-order valence-corrected chi connectivity index (χ4v) is 5.50. The fourth-order valence-electron chi connectivity index (χ4n) is 3.77. The lowest BCUT2D eigenvalue weighted by molar-refractivity contribution is -0.400. The maximum atomic E-state index is 10.5. The van der Waals surface area contributed by atoms with Crippen molar-refractivity contribution in [3.05, 3.63) is 131 Å². The van der Waals surface area contributed by atoms with Crippen LogP contribution in [0, 0.1) is 10.1 Å². The zero-order valence-corrected chi connectivity index (χ0v) is 21.3. The highest BCUT2D eigenvalue weighted by molar-refractivity contribution is 7.98. The van der Waals surface area contributed by atoms with Crippen LogP contribution >= 0.6 is 23.1 Å². The Labute approximate surface area is 222 Å². The average Bonchev–Trinajstić information content (AvgIpc) is 3.40. The highest BCUT2D eigenvalue weighted by atomic mass is 32.2. The molecule has 4 aromatic carbocycles. The van der Waals surface area contributed by atoms with Gasteiger partial charge in [-0.15, -0.1) is 22.0 Å². The van der Waals surface area contributed by atoms with Gasteiger partial charge in [0.05, 0.1) is 4.92 Å². The van der Waals surface area contributed by atoms with Gasteiger partial charge in [-0.3, -0.25) is 10.1 Å². The van der Waals surface area contributed by atoms with Crippen LogP contribution in [0.4, 0.5) is 10.8 Å². The second kappa shape index (κ2) is 11.6. The number of hydrogen-bond donors (Lipinski definition) is 1. The summed E-state index contributed by atoms with van der Waals surface area (Å²) in [5.41, 5.74) is 6.39. The number of rotatable bonds is 9. The molecule has 1 heterocycles. The monoisotopic (exact) mass is 522 g/mol. The van der Waals surface area contributed by atoms with Crippen molar-refractivity contribution in [1.29, 1.82) is 0 Å². The molecule has 0 amide bonds. The van der Waals surface area contributed by atoms with Crippen LogP contribution in [0.15, 0.2) is 114 Å². The number of aromatic nitrogens is 2. The molecular formula is C29H22N4O2S2. The molecule has 5 rings (SSSR count). The maximum Gasteiger partial charge on any atom is 0.235 e. The molecule has 5 aromatic rings. The summed E-state index contributed by atoms with van der Waals surface area (Å²) in [4.78, 5) is 11.2. The molecule has 182 valence electrons. The van der Waals surface area contributed by atoms with Crippen molar-refractivity contribution in [3.8, 4) is 21.7 Å². The van der Waals surface area contributed by atoms with Gasteiger partial charge in [0.15, 0.2) is 0 Å². The first kappa shape index (κ1) is 24.4. The number of nitrogens with zero attached hydrogens (tertiary/aromatic N) is 3. The molecule has 0 aliphatic rings. The van der Waals surface area contributed by atoms with Gasteiger partial charge >= 0.3 is 0 Å². The Morgan fingerprint density at radius 2 is 1.65 bits per heavy atom. The van der Waals surface area contributed by atoms with E-state index in [1.54, 1.807) is 11.8 Å².